The summed E-state index contributed by atoms with van der Waals surface area (Å²) < 4.78 is 14.5. The fraction of sp³-hybridized carbons (Fsp3) is 0.192. The first-order chi connectivity index (χ1) is 16.5. The maximum Gasteiger partial charge on any atom is 0.212 e. The van der Waals surface area contributed by atoms with Crippen molar-refractivity contribution in [1.29, 1.82) is 0 Å². The summed E-state index contributed by atoms with van der Waals surface area (Å²) in [4.78, 5) is 0. The van der Waals surface area contributed by atoms with E-state index in [-0.39, 0.29) is 0 Å². The summed E-state index contributed by atoms with van der Waals surface area (Å²) >= 11 is 5.06. The van der Waals surface area contributed by atoms with Crippen molar-refractivity contribution in [3.8, 4) is 11.5 Å². The second-order valence-electron chi connectivity index (χ2n) is 7.66. The highest BCUT2D eigenvalue weighted by atomic mass is 79.9. The van der Waals surface area contributed by atoms with E-state index in [2.05, 4.69) is 62.4 Å². The Hall–Kier alpha value is -3.10. The summed E-state index contributed by atoms with van der Waals surface area (Å²) in [6, 6.07) is 22.2. The summed E-state index contributed by atoms with van der Waals surface area (Å²) in [5, 5.41) is 13.9. The van der Waals surface area contributed by atoms with Crippen molar-refractivity contribution in [2.24, 2.45) is 5.10 Å². The van der Waals surface area contributed by atoms with E-state index in [9.17, 15) is 0 Å². The molecule has 0 spiro atoms. The summed E-state index contributed by atoms with van der Waals surface area (Å²) in [6.45, 7) is 4.39. The van der Waals surface area contributed by atoms with E-state index in [0.717, 1.165) is 26.5 Å². The van der Waals surface area contributed by atoms with Crippen LogP contribution in [-0.4, -0.2) is 28.2 Å². The van der Waals surface area contributed by atoms with Crippen LogP contribution in [-0.2, 0) is 12.4 Å². The smallest absolute Gasteiger partial charge is 0.212 e. The molecule has 34 heavy (non-hydrogen) atoms. The van der Waals surface area contributed by atoms with Crippen molar-refractivity contribution in [1.82, 2.24) is 14.9 Å². The molecular formula is C26H25BrN4O2S. The number of ether oxygens (including phenoxy) is 2. The molecule has 3 aromatic carbocycles. The summed E-state index contributed by atoms with van der Waals surface area (Å²) in [6.07, 6.45) is 1.76. The van der Waals surface area contributed by atoms with Gasteiger partial charge in [-0.25, -0.2) is 0 Å². The SMILES string of the molecule is COc1cccc(/C=N/n2c(C)nnc2SCc2ccc(Br)cc2)c1OCc1cccc(C)c1. The lowest BCUT2D eigenvalue weighted by Gasteiger charge is -2.13. The van der Waals surface area contributed by atoms with E-state index in [1.54, 1.807) is 29.8 Å². The van der Waals surface area contributed by atoms with Crippen LogP contribution in [0, 0.1) is 13.8 Å². The van der Waals surface area contributed by atoms with Crippen molar-refractivity contribution in [3.05, 3.63) is 99.3 Å². The molecule has 0 aliphatic rings. The van der Waals surface area contributed by atoms with Gasteiger partial charge >= 0.3 is 0 Å². The third-order valence-electron chi connectivity index (χ3n) is 5.06. The molecule has 0 atom stereocenters. The van der Waals surface area contributed by atoms with E-state index >= 15 is 0 Å². The zero-order valence-corrected chi connectivity index (χ0v) is 21.6. The molecule has 0 bridgehead atoms. The monoisotopic (exact) mass is 536 g/mol. The topological polar surface area (TPSA) is 61.5 Å². The molecule has 0 fully saturated rings. The van der Waals surface area contributed by atoms with Gasteiger partial charge in [0.1, 0.15) is 6.61 Å². The highest BCUT2D eigenvalue weighted by Gasteiger charge is 2.12. The zero-order chi connectivity index (χ0) is 23.9. The Bertz CT molecular complexity index is 1290. The molecule has 0 aliphatic heterocycles. The minimum Gasteiger partial charge on any atom is -0.493 e. The van der Waals surface area contributed by atoms with Crippen molar-refractivity contribution in [2.75, 3.05) is 7.11 Å². The number of para-hydroxylation sites is 1. The fourth-order valence-corrected chi connectivity index (χ4v) is 4.47. The van der Waals surface area contributed by atoms with Gasteiger partial charge in [-0.05, 0) is 49.2 Å². The summed E-state index contributed by atoms with van der Waals surface area (Å²) in [5.74, 6) is 2.77. The van der Waals surface area contributed by atoms with Crippen LogP contribution >= 0.6 is 27.7 Å². The average Bonchev–Trinajstić information content (AvgIpc) is 3.20. The molecule has 8 heteroatoms. The first-order valence-electron chi connectivity index (χ1n) is 10.7. The molecule has 0 saturated heterocycles. The molecule has 0 aliphatic carbocycles. The minimum atomic E-state index is 0.433. The second kappa shape index (κ2) is 11.4. The Morgan fingerprint density at radius 3 is 2.56 bits per heavy atom. The Morgan fingerprint density at radius 1 is 1.00 bits per heavy atom. The highest BCUT2D eigenvalue weighted by molar-refractivity contribution is 9.10. The Balaban J connectivity index is 1.54. The van der Waals surface area contributed by atoms with Gasteiger partial charge in [-0.3, -0.25) is 0 Å². The predicted molar refractivity (Wildman–Crippen MR) is 140 cm³/mol. The molecule has 0 amide bonds. The maximum atomic E-state index is 6.18. The van der Waals surface area contributed by atoms with E-state index in [1.807, 2.05) is 49.4 Å². The van der Waals surface area contributed by atoms with Crippen LogP contribution in [0.25, 0.3) is 0 Å². The van der Waals surface area contributed by atoms with Gasteiger partial charge in [-0.15, -0.1) is 10.2 Å². The number of rotatable bonds is 9. The largest absolute Gasteiger partial charge is 0.493 e. The van der Waals surface area contributed by atoms with Gasteiger partial charge in [0, 0.05) is 15.8 Å². The standard InChI is InChI=1S/C26H25BrN4O2S/c1-18-6-4-7-21(14-18)16-33-25-22(8-5-9-24(25)32-3)15-28-31-19(2)29-30-26(31)34-17-20-10-12-23(27)13-11-20/h4-15H,16-17H2,1-3H3/b28-15+. The Kier molecular flexibility index (Phi) is 8.03. The predicted octanol–water partition coefficient (Wildman–Crippen LogP) is 6.42. The number of halogens is 1. The third kappa shape index (κ3) is 6.07. The summed E-state index contributed by atoms with van der Waals surface area (Å²) in [5.41, 5.74) is 4.29. The van der Waals surface area contributed by atoms with Gasteiger partial charge in [-0.1, -0.05) is 75.7 Å². The normalized spacial score (nSPS) is 11.2. The van der Waals surface area contributed by atoms with Gasteiger partial charge in [0.15, 0.2) is 17.3 Å². The Labute approximate surface area is 212 Å². The number of benzene rings is 3. The van der Waals surface area contributed by atoms with Crippen LogP contribution in [0.3, 0.4) is 0 Å². The van der Waals surface area contributed by atoms with E-state index in [0.29, 0.717) is 23.9 Å². The molecule has 4 rings (SSSR count). The zero-order valence-electron chi connectivity index (χ0n) is 19.2. The maximum absolute atomic E-state index is 6.18. The van der Waals surface area contributed by atoms with Crippen LogP contribution in [0.4, 0.5) is 0 Å². The Morgan fingerprint density at radius 2 is 1.79 bits per heavy atom. The van der Waals surface area contributed by atoms with E-state index < -0.39 is 0 Å². The molecule has 0 radical (unpaired) electrons. The van der Waals surface area contributed by atoms with Gasteiger partial charge in [0.2, 0.25) is 5.16 Å². The van der Waals surface area contributed by atoms with E-state index in [4.69, 9.17) is 9.47 Å². The lowest BCUT2D eigenvalue weighted by atomic mass is 10.1. The quantitative estimate of drug-likeness (QED) is 0.182. The molecule has 6 nitrogen and oxygen atoms in total. The number of hydrogen-bond donors (Lipinski definition) is 0. The molecule has 0 unspecified atom stereocenters. The van der Waals surface area contributed by atoms with Crippen LogP contribution in [0.2, 0.25) is 0 Å². The second-order valence-corrected chi connectivity index (χ2v) is 9.52. The number of aryl methyl sites for hydroxylation is 2. The van der Waals surface area contributed by atoms with Crippen LogP contribution in [0.1, 0.15) is 28.1 Å². The van der Waals surface area contributed by atoms with E-state index in [1.165, 1.54) is 11.1 Å². The highest BCUT2D eigenvalue weighted by Crippen LogP contribution is 2.31. The van der Waals surface area contributed by atoms with Crippen molar-refractivity contribution >= 4 is 33.9 Å². The number of thioether (sulfide) groups is 1. The molecule has 1 heterocycles. The number of methoxy groups -OCH3 is 1. The van der Waals surface area contributed by atoms with Gasteiger partial charge in [-0.2, -0.15) is 9.78 Å². The number of aromatic nitrogens is 3. The van der Waals surface area contributed by atoms with Crippen molar-refractivity contribution in [3.63, 3.8) is 0 Å². The van der Waals surface area contributed by atoms with Gasteiger partial charge in [0.25, 0.3) is 0 Å². The first kappa shape index (κ1) is 24.0. The lowest BCUT2D eigenvalue weighted by Crippen LogP contribution is -2.02. The molecule has 0 N–H and O–H groups in total. The summed E-state index contributed by atoms with van der Waals surface area (Å²) in [7, 11) is 1.64. The molecular weight excluding hydrogens is 512 g/mol. The van der Waals surface area contributed by atoms with Crippen molar-refractivity contribution < 1.29 is 9.47 Å². The minimum absolute atomic E-state index is 0.433. The number of nitrogens with zero attached hydrogens (tertiary/aromatic N) is 4. The van der Waals surface area contributed by atoms with Gasteiger partial charge < -0.3 is 9.47 Å². The van der Waals surface area contributed by atoms with Gasteiger partial charge in [0.05, 0.1) is 13.3 Å². The van der Waals surface area contributed by atoms with Crippen LogP contribution in [0.5, 0.6) is 11.5 Å². The number of hydrogen-bond acceptors (Lipinski definition) is 6. The lowest BCUT2D eigenvalue weighted by molar-refractivity contribution is 0.284. The molecule has 0 saturated carbocycles. The third-order valence-corrected chi connectivity index (χ3v) is 6.58. The average molecular weight is 537 g/mol. The molecule has 1 aromatic heterocycles. The molecule has 174 valence electrons. The fourth-order valence-electron chi connectivity index (χ4n) is 3.32. The van der Waals surface area contributed by atoms with Crippen molar-refractivity contribution in [2.45, 2.75) is 31.4 Å². The molecule has 4 aromatic rings. The van der Waals surface area contributed by atoms with Crippen LogP contribution in [0.15, 0.2) is 81.5 Å². The van der Waals surface area contributed by atoms with Crippen LogP contribution < -0.4 is 9.47 Å². The first-order valence-corrected chi connectivity index (χ1v) is 12.5.